The maximum absolute atomic E-state index is 12.8. The molecule has 132 valence electrons. The van der Waals surface area contributed by atoms with E-state index in [2.05, 4.69) is 0 Å². The van der Waals surface area contributed by atoms with Crippen LogP contribution >= 0.6 is 0 Å². The zero-order valence-corrected chi connectivity index (χ0v) is 14.7. The Kier molecular flexibility index (Phi) is 4.42. The minimum atomic E-state index is -1.15. The van der Waals surface area contributed by atoms with Gasteiger partial charge in [0.05, 0.1) is 6.42 Å². The number of ether oxygens (including phenoxy) is 1. The van der Waals surface area contributed by atoms with E-state index < -0.39 is 28.2 Å². The van der Waals surface area contributed by atoms with Crippen molar-refractivity contribution in [2.45, 2.75) is 17.9 Å². The summed E-state index contributed by atoms with van der Waals surface area (Å²) in [6.45, 7) is 0. The normalized spacial score (nSPS) is 21.7. The van der Waals surface area contributed by atoms with Crippen LogP contribution in [0, 0.1) is 0 Å². The zero-order valence-electron chi connectivity index (χ0n) is 13.9. The van der Waals surface area contributed by atoms with Crippen molar-refractivity contribution in [2.75, 3.05) is 5.75 Å². The maximum atomic E-state index is 12.8. The van der Waals surface area contributed by atoms with E-state index in [1.165, 1.54) is 4.90 Å². The largest absolute Gasteiger partial charge is 0.448 e. The number of benzene rings is 2. The van der Waals surface area contributed by atoms with Crippen LogP contribution in [0.15, 0.2) is 72.4 Å². The molecule has 4 rings (SSSR count). The highest BCUT2D eigenvalue weighted by molar-refractivity contribution is 7.86. The summed E-state index contributed by atoms with van der Waals surface area (Å²) in [4.78, 5) is 26.0. The van der Waals surface area contributed by atoms with Crippen LogP contribution in [-0.4, -0.2) is 32.1 Å². The molecule has 2 aromatic carbocycles. The Labute approximate surface area is 153 Å². The average Bonchev–Trinajstić information content (AvgIpc) is 2.67. The molecule has 26 heavy (non-hydrogen) atoms. The van der Waals surface area contributed by atoms with Gasteiger partial charge in [-0.1, -0.05) is 60.7 Å². The minimum absolute atomic E-state index is 0.192. The van der Waals surface area contributed by atoms with Gasteiger partial charge in [-0.25, -0.2) is 4.79 Å². The lowest BCUT2D eigenvalue weighted by molar-refractivity contribution is -0.151. The molecule has 1 fully saturated rings. The fourth-order valence-corrected chi connectivity index (χ4v) is 4.53. The average molecular weight is 367 g/mol. The summed E-state index contributed by atoms with van der Waals surface area (Å²) in [6.07, 6.45) is 1.19. The first-order chi connectivity index (χ1) is 12.6. The maximum Gasteiger partial charge on any atom is 0.355 e. The molecule has 0 radical (unpaired) electrons. The van der Waals surface area contributed by atoms with E-state index in [1.807, 2.05) is 60.7 Å². The van der Waals surface area contributed by atoms with E-state index in [9.17, 15) is 13.8 Å². The van der Waals surface area contributed by atoms with Gasteiger partial charge in [-0.05, 0) is 17.2 Å². The van der Waals surface area contributed by atoms with E-state index >= 15 is 0 Å². The van der Waals surface area contributed by atoms with Gasteiger partial charge in [-0.2, -0.15) is 0 Å². The van der Waals surface area contributed by atoms with Gasteiger partial charge in [0.1, 0.15) is 11.1 Å². The van der Waals surface area contributed by atoms with Crippen molar-refractivity contribution in [1.82, 2.24) is 4.90 Å². The summed E-state index contributed by atoms with van der Waals surface area (Å²) in [5, 5.41) is -0.401. The number of hydrogen-bond acceptors (Lipinski definition) is 4. The summed E-state index contributed by atoms with van der Waals surface area (Å²) >= 11 is 0. The van der Waals surface area contributed by atoms with Crippen LogP contribution < -0.4 is 0 Å². The second-order valence-electron chi connectivity index (χ2n) is 6.17. The lowest BCUT2D eigenvalue weighted by Gasteiger charge is -2.42. The predicted octanol–water partition coefficient (Wildman–Crippen LogP) is 2.52. The SMILES string of the molecule is O=C(OC(c1ccccc1)c1ccccc1)C1=CCS(=O)[C@@H]2CC(=O)N12. The summed E-state index contributed by atoms with van der Waals surface area (Å²) in [5.41, 5.74) is 1.89. The Hall–Kier alpha value is -2.73. The van der Waals surface area contributed by atoms with Crippen LogP contribution in [0.4, 0.5) is 0 Å². The number of carbonyl (C=O) groups excluding carboxylic acids is 2. The topological polar surface area (TPSA) is 63.7 Å². The molecule has 0 N–H and O–H groups in total. The fraction of sp³-hybridized carbons (Fsp3) is 0.200. The molecule has 1 unspecified atom stereocenters. The van der Waals surface area contributed by atoms with Gasteiger partial charge in [0.25, 0.3) is 0 Å². The molecule has 5 nitrogen and oxygen atoms in total. The first kappa shape index (κ1) is 16.7. The first-order valence-electron chi connectivity index (χ1n) is 8.35. The van der Waals surface area contributed by atoms with Gasteiger partial charge in [0.2, 0.25) is 5.91 Å². The Morgan fingerprint density at radius 3 is 2.15 bits per heavy atom. The summed E-state index contributed by atoms with van der Waals surface area (Å²) in [7, 11) is -1.15. The van der Waals surface area contributed by atoms with Crippen molar-refractivity contribution in [3.63, 3.8) is 0 Å². The van der Waals surface area contributed by atoms with Crippen molar-refractivity contribution < 1.29 is 18.5 Å². The van der Waals surface area contributed by atoms with Crippen LogP contribution in [0.2, 0.25) is 0 Å². The van der Waals surface area contributed by atoms with E-state index in [0.717, 1.165) is 11.1 Å². The van der Waals surface area contributed by atoms with E-state index in [4.69, 9.17) is 4.74 Å². The van der Waals surface area contributed by atoms with E-state index in [0.29, 0.717) is 0 Å². The summed E-state index contributed by atoms with van der Waals surface area (Å²) in [5.74, 6) is -0.500. The summed E-state index contributed by atoms with van der Waals surface area (Å²) < 4.78 is 17.8. The molecule has 0 spiro atoms. The number of nitrogens with zero attached hydrogens (tertiary/aromatic N) is 1. The second kappa shape index (κ2) is 6.88. The number of β-lactam (4-membered cyclic amide) rings is 1. The quantitative estimate of drug-likeness (QED) is 0.615. The smallest absolute Gasteiger partial charge is 0.355 e. The Morgan fingerprint density at radius 2 is 1.62 bits per heavy atom. The number of fused-ring (bicyclic) bond motifs is 1. The molecule has 0 aromatic heterocycles. The molecule has 2 aliphatic heterocycles. The number of carbonyl (C=O) groups is 2. The van der Waals surface area contributed by atoms with Crippen molar-refractivity contribution in [3.05, 3.63) is 83.6 Å². The molecular formula is C20H17NO4S. The van der Waals surface area contributed by atoms with Gasteiger partial charge in [-0.15, -0.1) is 0 Å². The Bertz CT molecular complexity index is 855. The molecule has 2 aromatic rings. The molecule has 2 aliphatic rings. The molecule has 0 bridgehead atoms. The molecule has 6 heteroatoms. The van der Waals surface area contributed by atoms with Gasteiger partial charge in [-0.3, -0.25) is 13.9 Å². The van der Waals surface area contributed by atoms with Crippen molar-refractivity contribution in [2.24, 2.45) is 0 Å². The van der Waals surface area contributed by atoms with Gasteiger partial charge >= 0.3 is 5.97 Å². The van der Waals surface area contributed by atoms with Gasteiger partial charge in [0, 0.05) is 16.6 Å². The third-order valence-corrected chi connectivity index (χ3v) is 6.03. The van der Waals surface area contributed by atoms with Crippen LogP contribution in [0.5, 0.6) is 0 Å². The standard InChI is InChI=1S/C20H17NO4S/c22-17-13-18-21(17)16(11-12-26(18)24)20(23)25-19(14-7-3-1-4-8-14)15-9-5-2-6-10-15/h1-11,18-19H,12-13H2/t18-,26?/m1/s1. The van der Waals surface area contributed by atoms with Crippen LogP contribution in [0.1, 0.15) is 23.7 Å². The molecular weight excluding hydrogens is 350 g/mol. The van der Waals surface area contributed by atoms with Crippen molar-refractivity contribution >= 4 is 22.7 Å². The number of esters is 1. The van der Waals surface area contributed by atoms with Crippen LogP contribution in [0.25, 0.3) is 0 Å². The van der Waals surface area contributed by atoms with E-state index in [-0.39, 0.29) is 23.8 Å². The minimum Gasteiger partial charge on any atom is -0.448 e. The van der Waals surface area contributed by atoms with Crippen molar-refractivity contribution in [1.29, 1.82) is 0 Å². The van der Waals surface area contributed by atoms with Crippen molar-refractivity contribution in [3.8, 4) is 0 Å². The highest BCUT2D eigenvalue weighted by Crippen LogP contribution is 2.34. The zero-order chi connectivity index (χ0) is 18.1. The lowest BCUT2D eigenvalue weighted by Crippen LogP contribution is -2.57. The number of rotatable bonds is 4. The third kappa shape index (κ3) is 2.97. The molecule has 2 atom stereocenters. The highest BCUT2D eigenvalue weighted by atomic mass is 32.2. The molecule has 1 amide bonds. The monoisotopic (exact) mass is 367 g/mol. The molecule has 2 heterocycles. The number of hydrogen-bond donors (Lipinski definition) is 0. The molecule has 0 saturated carbocycles. The fourth-order valence-electron chi connectivity index (χ4n) is 3.19. The lowest BCUT2D eigenvalue weighted by atomic mass is 10.0. The number of amides is 1. The van der Waals surface area contributed by atoms with Gasteiger partial charge in [0.15, 0.2) is 6.10 Å². The Morgan fingerprint density at radius 1 is 1.04 bits per heavy atom. The van der Waals surface area contributed by atoms with Crippen LogP contribution in [0.3, 0.4) is 0 Å². The second-order valence-corrected chi connectivity index (χ2v) is 7.80. The molecule has 0 aliphatic carbocycles. The predicted molar refractivity (Wildman–Crippen MR) is 97.2 cm³/mol. The van der Waals surface area contributed by atoms with Gasteiger partial charge < -0.3 is 4.74 Å². The Balaban J connectivity index is 1.63. The van der Waals surface area contributed by atoms with E-state index in [1.54, 1.807) is 6.08 Å². The summed E-state index contributed by atoms with van der Waals surface area (Å²) in [6, 6.07) is 18.9. The third-order valence-electron chi connectivity index (χ3n) is 4.55. The van der Waals surface area contributed by atoms with Crippen LogP contribution in [-0.2, 0) is 25.1 Å². The first-order valence-corrected chi connectivity index (χ1v) is 9.73. The molecule has 1 saturated heterocycles. The highest BCUT2D eigenvalue weighted by Gasteiger charge is 2.47.